The van der Waals surface area contributed by atoms with Crippen LogP contribution in [0, 0.1) is 11.3 Å². The van der Waals surface area contributed by atoms with Crippen molar-refractivity contribution in [3.63, 3.8) is 0 Å². The second-order valence-corrected chi connectivity index (χ2v) is 4.01. The predicted molar refractivity (Wildman–Crippen MR) is 42.9 cm³/mol. The number of rotatable bonds is 1. The van der Waals surface area contributed by atoms with E-state index in [1.807, 2.05) is 12.1 Å². The Morgan fingerprint density at radius 2 is 2.44 bits per heavy atom. The lowest BCUT2D eigenvalue weighted by molar-refractivity contribution is 1.52. The van der Waals surface area contributed by atoms with E-state index in [1.165, 1.54) is 4.62 Å². The Kier molecular flexibility index (Phi) is 2.22. The van der Waals surface area contributed by atoms with Gasteiger partial charge in [0.05, 0.1) is 0 Å². The highest BCUT2D eigenvalue weighted by Crippen LogP contribution is 2.13. The molecule has 9 heavy (non-hydrogen) atoms. The summed E-state index contributed by atoms with van der Waals surface area (Å²) in [4.78, 5) is 0.819. The van der Waals surface area contributed by atoms with Crippen molar-refractivity contribution in [2.45, 2.75) is 0 Å². The van der Waals surface area contributed by atoms with Crippen molar-refractivity contribution in [2.75, 3.05) is 6.66 Å². The second-order valence-electron chi connectivity index (χ2n) is 1.53. The molecule has 1 aromatic heterocycles. The molecule has 0 spiro atoms. The topological polar surface area (TPSA) is 23.8 Å². The van der Waals surface area contributed by atoms with E-state index in [1.54, 1.807) is 11.3 Å². The molecule has 0 fully saturated rings. The summed E-state index contributed by atoms with van der Waals surface area (Å²) in [6.07, 6.45) is 0. The van der Waals surface area contributed by atoms with Gasteiger partial charge in [-0.1, -0.05) is 8.58 Å². The van der Waals surface area contributed by atoms with E-state index in [-0.39, 0.29) is 0 Å². The first-order valence-corrected chi connectivity index (χ1v) is 4.86. The molecule has 0 amide bonds. The normalized spacial score (nSPS) is 10.2. The molecule has 1 atom stereocenters. The fourth-order valence-corrected chi connectivity index (χ4v) is 2.08. The quantitative estimate of drug-likeness (QED) is 0.564. The maximum atomic E-state index is 8.41. The number of nitriles is 1. The minimum absolute atomic E-state index is 0.819. The van der Waals surface area contributed by atoms with E-state index in [9.17, 15) is 0 Å². The van der Waals surface area contributed by atoms with Gasteiger partial charge in [-0.3, -0.25) is 0 Å². The molecule has 0 bridgehead atoms. The van der Waals surface area contributed by atoms with Crippen LogP contribution in [0.15, 0.2) is 12.1 Å². The Labute approximate surface area is 60.1 Å². The minimum atomic E-state index is 0.819. The van der Waals surface area contributed by atoms with Crippen molar-refractivity contribution in [3.05, 3.63) is 17.0 Å². The summed E-state index contributed by atoms with van der Waals surface area (Å²) in [5.74, 6) is 0. The van der Waals surface area contributed by atoms with Gasteiger partial charge in [0, 0.05) is 4.62 Å². The molecule has 0 aliphatic rings. The lowest BCUT2D eigenvalue weighted by Crippen LogP contribution is -1.77. The van der Waals surface area contributed by atoms with Gasteiger partial charge in [-0.25, -0.2) is 0 Å². The third kappa shape index (κ3) is 1.51. The monoisotopic (exact) mass is 155 g/mol. The summed E-state index contributed by atoms with van der Waals surface area (Å²) in [6, 6.07) is 5.99. The van der Waals surface area contributed by atoms with Crippen LogP contribution in [-0.4, -0.2) is 6.66 Å². The number of hydrogen-bond donors (Lipinski definition) is 0. The summed E-state index contributed by atoms with van der Waals surface area (Å²) in [5, 5.41) is 8.41. The molecule has 0 aliphatic heterocycles. The molecule has 0 saturated heterocycles. The van der Waals surface area contributed by atoms with Gasteiger partial charge in [0.25, 0.3) is 0 Å². The fraction of sp³-hybridized carbons (Fsp3) is 0.167. The zero-order chi connectivity index (χ0) is 6.69. The number of nitrogens with zero attached hydrogens (tertiary/aromatic N) is 1. The summed E-state index contributed by atoms with van der Waals surface area (Å²) in [6.45, 7) is 2.12. The Bertz CT molecular complexity index is 235. The highest BCUT2D eigenvalue weighted by Gasteiger charge is 1.93. The molecule has 0 saturated carbocycles. The maximum Gasteiger partial charge on any atom is 0.110 e. The van der Waals surface area contributed by atoms with E-state index in [0.717, 1.165) is 13.5 Å². The first kappa shape index (κ1) is 6.74. The van der Waals surface area contributed by atoms with Gasteiger partial charge in [0.1, 0.15) is 10.9 Å². The van der Waals surface area contributed by atoms with Crippen molar-refractivity contribution in [2.24, 2.45) is 0 Å². The lowest BCUT2D eigenvalue weighted by atomic mass is 10.5. The zero-order valence-corrected chi connectivity index (χ0v) is 6.83. The van der Waals surface area contributed by atoms with E-state index >= 15 is 0 Å². The Morgan fingerprint density at radius 1 is 1.67 bits per heavy atom. The van der Waals surface area contributed by atoms with Crippen molar-refractivity contribution in [1.29, 1.82) is 5.26 Å². The molecule has 1 aromatic rings. The van der Waals surface area contributed by atoms with Crippen LogP contribution in [-0.2, 0) is 0 Å². The molecular weight excluding hydrogens is 149 g/mol. The average Bonchev–Trinajstić information content (AvgIpc) is 2.34. The van der Waals surface area contributed by atoms with Crippen LogP contribution in [0.5, 0.6) is 0 Å². The van der Waals surface area contributed by atoms with Crippen molar-refractivity contribution >= 4 is 24.5 Å². The Morgan fingerprint density at radius 3 is 2.78 bits per heavy atom. The molecule has 46 valence electrons. The molecule has 1 heterocycles. The van der Waals surface area contributed by atoms with Crippen molar-refractivity contribution in [1.82, 2.24) is 0 Å². The second kappa shape index (κ2) is 2.96. The molecule has 0 aromatic carbocycles. The third-order valence-corrected chi connectivity index (χ3v) is 3.34. The average molecular weight is 155 g/mol. The standard InChI is InChI=1S/C6H6NPS/c1-8-6-3-2-5(4-7)9-6/h2-3,8H,1H3. The van der Waals surface area contributed by atoms with Crippen LogP contribution in [0.25, 0.3) is 0 Å². The third-order valence-electron chi connectivity index (χ3n) is 0.963. The van der Waals surface area contributed by atoms with Gasteiger partial charge in [-0.15, -0.1) is 11.3 Å². The highest BCUT2D eigenvalue weighted by atomic mass is 32.1. The number of thiophene rings is 1. The molecule has 1 unspecified atom stereocenters. The molecule has 1 rings (SSSR count). The molecular formula is C6H6NPS. The number of hydrogen-bond acceptors (Lipinski definition) is 2. The molecule has 1 nitrogen and oxygen atoms in total. The van der Waals surface area contributed by atoms with Gasteiger partial charge < -0.3 is 0 Å². The molecule has 0 aliphatic carbocycles. The zero-order valence-electron chi connectivity index (χ0n) is 5.01. The first-order chi connectivity index (χ1) is 4.36. The first-order valence-electron chi connectivity index (χ1n) is 2.54. The van der Waals surface area contributed by atoms with Gasteiger partial charge in [0.2, 0.25) is 0 Å². The van der Waals surface area contributed by atoms with E-state index in [4.69, 9.17) is 5.26 Å². The SMILES string of the molecule is CPc1ccc(C#N)s1. The van der Waals surface area contributed by atoms with Gasteiger partial charge in [0.15, 0.2) is 0 Å². The van der Waals surface area contributed by atoms with Gasteiger partial charge in [-0.2, -0.15) is 5.26 Å². The van der Waals surface area contributed by atoms with Crippen molar-refractivity contribution in [3.8, 4) is 6.07 Å². The molecule has 3 heteroatoms. The summed E-state index contributed by atoms with van der Waals surface area (Å²) in [7, 11) is 0.821. The van der Waals surface area contributed by atoms with Crippen LogP contribution in [0.3, 0.4) is 0 Å². The van der Waals surface area contributed by atoms with Crippen LogP contribution >= 0.6 is 19.9 Å². The lowest BCUT2D eigenvalue weighted by Gasteiger charge is -1.80. The Hall–Kier alpha value is -0.380. The fourth-order valence-electron chi connectivity index (χ4n) is 0.532. The molecule has 0 radical (unpaired) electrons. The van der Waals surface area contributed by atoms with Crippen molar-refractivity contribution < 1.29 is 0 Å². The van der Waals surface area contributed by atoms with E-state index in [0.29, 0.717) is 0 Å². The van der Waals surface area contributed by atoms with Gasteiger partial charge in [-0.05, 0) is 18.8 Å². The van der Waals surface area contributed by atoms with Gasteiger partial charge >= 0.3 is 0 Å². The maximum absolute atomic E-state index is 8.41. The summed E-state index contributed by atoms with van der Waals surface area (Å²) < 4.78 is 1.31. The van der Waals surface area contributed by atoms with Crippen LogP contribution in [0.4, 0.5) is 0 Å². The van der Waals surface area contributed by atoms with E-state index < -0.39 is 0 Å². The molecule has 0 N–H and O–H groups in total. The summed E-state index contributed by atoms with van der Waals surface area (Å²) >= 11 is 1.58. The minimum Gasteiger partial charge on any atom is -0.192 e. The van der Waals surface area contributed by atoms with Crippen LogP contribution < -0.4 is 4.62 Å². The largest absolute Gasteiger partial charge is 0.192 e. The smallest absolute Gasteiger partial charge is 0.110 e. The van der Waals surface area contributed by atoms with Crippen LogP contribution in [0.2, 0.25) is 0 Å². The van der Waals surface area contributed by atoms with E-state index in [2.05, 4.69) is 12.7 Å². The summed E-state index contributed by atoms with van der Waals surface area (Å²) in [5.41, 5.74) is 0. The Balaban J connectivity index is 2.90. The highest BCUT2D eigenvalue weighted by molar-refractivity contribution is 7.56. The predicted octanol–water partition coefficient (Wildman–Crippen LogP) is 1.55. The van der Waals surface area contributed by atoms with Crippen LogP contribution in [0.1, 0.15) is 4.88 Å².